The molecule has 0 unspecified atom stereocenters. The van der Waals surface area contributed by atoms with Crippen LogP contribution in [-0.4, -0.2) is 17.1 Å². The first kappa shape index (κ1) is 12.6. The second-order valence-corrected chi connectivity index (χ2v) is 5.81. The van der Waals surface area contributed by atoms with Crippen LogP contribution in [0.15, 0.2) is 0 Å². The molecule has 0 aliphatic heterocycles. The fraction of sp³-hybridized carbons (Fsp3) is 0.455. The Labute approximate surface area is 112 Å². The van der Waals surface area contributed by atoms with Crippen molar-refractivity contribution in [3.05, 3.63) is 16.0 Å². The molecular formula is C11H13BrN2O2S. The van der Waals surface area contributed by atoms with Crippen LogP contribution in [0.4, 0.5) is 5.00 Å². The molecule has 1 aliphatic carbocycles. The molecule has 1 aliphatic rings. The Kier molecular flexibility index (Phi) is 3.83. The molecule has 2 amide bonds. The van der Waals surface area contributed by atoms with Crippen molar-refractivity contribution in [2.24, 2.45) is 5.73 Å². The number of fused-ring (bicyclic) bond motifs is 1. The quantitative estimate of drug-likeness (QED) is 0.834. The van der Waals surface area contributed by atoms with Gasteiger partial charge in [-0.05, 0) is 24.8 Å². The number of hydrogen-bond donors (Lipinski definition) is 2. The average Bonchev–Trinajstić information content (AvgIpc) is 2.76. The molecule has 1 aromatic heterocycles. The van der Waals surface area contributed by atoms with Crippen LogP contribution in [0, 0.1) is 0 Å². The van der Waals surface area contributed by atoms with Crippen molar-refractivity contribution in [3.8, 4) is 0 Å². The van der Waals surface area contributed by atoms with E-state index in [4.69, 9.17) is 5.73 Å². The van der Waals surface area contributed by atoms with Gasteiger partial charge in [-0.1, -0.05) is 15.9 Å². The number of anilines is 1. The molecule has 0 aromatic carbocycles. The lowest BCUT2D eigenvalue weighted by atomic mass is 10.1. The second kappa shape index (κ2) is 5.18. The minimum Gasteiger partial charge on any atom is -0.365 e. The number of primary amides is 1. The molecule has 0 fully saturated rings. The minimum absolute atomic E-state index is 0.0932. The number of hydrogen-bond acceptors (Lipinski definition) is 3. The number of halogens is 1. The first-order valence-electron chi connectivity index (χ1n) is 5.43. The number of carbonyl (C=O) groups is 2. The third-order valence-electron chi connectivity index (χ3n) is 2.74. The Bertz CT molecular complexity index is 470. The molecule has 0 spiro atoms. The summed E-state index contributed by atoms with van der Waals surface area (Å²) in [6.07, 6.45) is 3.32. The van der Waals surface area contributed by atoms with Gasteiger partial charge in [-0.25, -0.2) is 0 Å². The minimum atomic E-state index is -0.446. The molecular weight excluding hydrogens is 304 g/mol. The van der Waals surface area contributed by atoms with E-state index in [1.165, 1.54) is 16.2 Å². The summed E-state index contributed by atoms with van der Waals surface area (Å²) in [5.74, 6) is -0.539. The number of rotatable bonds is 4. The van der Waals surface area contributed by atoms with Gasteiger partial charge in [-0.3, -0.25) is 9.59 Å². The third-order valence-corrected chi connectivity index (χ3v) is 4.35. The van der Waals surface area contributed by atoms with Gasteiger partial charge in [0, 0.05) is 16.6 Å². The van der Waals surface area contributed by atoms with Crippen molar-refractivity contribution >= 4 is 44.1 Å². The number of nitrogens with two attached hydrogens (primary N) is 1. The number of nitrogens with one attached hydrogen (secondary N) is 1. The number of alkyl halides is 1. The van der Waals surface area contributed by atoms with E-state index in [0.29, 0.717) is 22.3 Å². The number of amides is 2. The lowest BCUT2D eigenvalue weighted by Crippen LogP contribution is -2.17. The van der Waals surface area contributed by atoms with E-state index in [-0.39, 0.29) is 5.91 Å². The SMILES string of the molecule is NC(=O)c1c(NC(=O)CCBr)sc2c1CCC2. The molecule has 4 nitrogen and oxygen atoms in total. The van der Waals surface area contributed by atoms with E-state index in [0.717, 1.165) is 24.8 Å². The largest absolute Gasteiger partial charge is 0.365 e. The van der Waals surface area contributed by atoms with Gasteiger partial charge in [0.15, 0.2) is 0 Å². The van der Waals surface area contributed by atoms with Gasteiger partial charge >= 0.3 is 0 Å². The molecule has 17 heavy (non-hydrogen) atoms. The van der Waals surface area contributed by atoms with Crippen LogP contribution in [0.3, 0.4) is 0 Å². The molecule has 6 heteroatoms. The highest BCUT2D eigenvalue weighted by Crippen LogP contribution is 2.38. The van der Waals surface area contributed by atoms with Gasteiger partial charge in [-0.2, -0.15) is 0 Å². The zero-order valence-electron chi connectivity index (χ0n) is 9.22. The number of aryl methyl sites for hydroxylation is 1. The van der Waals surface area contributed by atoms with Crippen LogP contribution in [-0.2, 0) is 17.6 Å². The first-order chi connectivity index (χ1) is 8.13. The van der Waals surface area contributed by atoms with Crippen molar-refractivity contribution in [1.29, 1.82) is 0 Å². The topological polar surface area (TPSA) is 72.2 Å². The summed E-state index contributed by atoms with van der Waals surface area (Å²) < 4.78 is 0. The van der Waals surface area contributed by atoms with Crippen molar-refractivity contribution in [2.75, 3.05) is 10.6 Å². The van der Waals surface area contributed by atoms with E-state index in [1.807, 2.05) is 0 Å². The summed E-state index contributed by atoms with van der Waals surface area (Å²) in [4.78, 5) is 24.2. The lowest BCUT2D eigenvalue weighted by Gasteiger charge is -2.04. The van der Waals surface area contributed by atoms with Gasteiger partial charge < -0.3 is 11.1 Å². The monoisotopic (exact) mass is 316 g/mol. The highest BCUT2D eigenvalue weighted by molar-refractivity contribution is 9.09. The van der Waals surface area contributed by atoms with Crippen molar-refractivity contribution < 1.29 is 9.59 Å². The summed E-state index contributed by atoms with van der Waals surface area (Å²) in [5.41, 5.74) is 6.95. The van der Waals surface area contributed by atoms with Gasteiger partial charge in [0.05, 0.1) is 5.56 Å². The standard InChI is InChI=1S/C11H13BrN2O2S/c12-5-4-8(15)14-11-9(10(13)16)6-2-1-3-7(6)17-11/h1-5H2,(H2,13,16)(H,14,15). The normalized spacial score (nSPS) is 13.5. The average molecular weight is 317 g/mol. The second-order valence-electron chi connectivity index (χ2n) is 3.91. The van der Waals surface area contributed by atoms with Crippen LogP contribution in [0.25, 0.3) is 0 Å². The van der Waals surface area contributed by atoms with Crippen molar-refractivity contribution in [3.63, 3.8) is 0 Å². The van der Waals surface area contributed by atoms with E-state index in [9.17, 15) is 9.59 Å². The van der Waals surface area contributed by atoms with Crippen LogP contribution >= 0.6 is 27.3 Å². The van der Waals surface area contributed by atoms with Crippen LogP contribution in [0.5, 0.6) is 0 Å². The van der Waals surface area contributed by atoms with Crippen LogP contribution in [0.2, 0.25) is 0 Å². The zero-order chi connectivity index (χ0) is 12.4. The number of thiophene rings is 1. The number of carbonyl (C=O) groups excluding carboxylic acids is 2. The maximum absolute atomic E-state index is 11.5. The molecule has 0 atom stereocenters. The molecule has 92 valence electrons. The maximum Gasteiger partial charge on any atom is 0.251 e. The lowest BCUT2D eigenvalue weighted by molar-refractivity contribution is -0.115. The predicted octanol–water partition coefficient (Wildman–Crippen LogP) is 2.06. The maximum atomic E-state index is 11.5. The predicted molar refractivity (Wildman–Crippen MR) is 71.9 cm³/mol. The first-order valence-corrected chi connectivity index (χ1v) is 7.37. The van der Waals surface area contributed by atoms with Crippen LogP contribution < -0.4 is 11.1 Å². The fourth-order valence-corrected chi connectivity index (χ4v) is 3.70. The summed E-state index contributed by atoms with van der Waals surface area (Å²) in [6, 6.07) is 0. The molecule has 1 aromatic rings. The Hall–Kier alpha value is -0.880. The van der Waals surface area contributed by atoms with Gasteiger partial charge in [0.1, 0.15) is 5.00 Å². The zero-order valence-corrected chi connectivity index (χ0v) is 11.6. The Morgan fingerprint density at radius 2 is 2.18 bits per heavy atom. The van der Waals surface area contributed by atoms with Gasteiger partial charge in [0.25, 0.3) is 5.91 Å². The van der Waals surface area contributed by atoms with Gasteiger partial charge in [-0.15, -0.1) is 11.3 Å². The van der Waals surface area contributed by atoms with Crippen LogP contribution in [0.1, 0.15) is 33.6 Å². The molecule has 0 radical (unpaired) electrons. The summed E-state index contributed by atoms with van der Waals surface area (Å²) in [7, 11) is 0. The van der Waals surface area contributed by atoms with Crippen molar-refractivity contribution in [1.82, 2.24) is 0 Å². The molecule has 0 saturated carbocycles. The summed E-state index contributed by atoms with van der Waals surface area (Å²) in [6.45, 7) is 0. The molecule has 3 N–H and O–H groups in total. The molecule has 0 bridgehead atoms. The molecule has 0 saturated heterocycles. The molecule has 2 rings (SSSR count). The summed E-state index contributed by atoms with van der Waals surface area (Å²) in [5, 5.41) is 4.00. The molecule has 1 heterocycles. The smallest absolute Gasteiger partial charge is 0.251 e. The van der Waals surface area contributed by atoms with Gasteiger partial charge in [0.2, 0.25) is 5.91 Å². The Balaban J connectivity index is 2.28. The highest BCUT2D eigenvalue weighted by atomic mass is 79.9. The van der Waals surface area contributed by atoms with E-state index >= 15 is 0 Å². The van der Waals surface area contributed by atoms with Crippen molar-refractivity contribution in [2.45, 2.75) is 25.7 Å². The Morgan fingerprint density at radius 1 is 1.41 bits per heavy atom. The fourth-order valence-electron chi connectivity index (χ4n) is 2.03. The van der Waals surface area contributed by atoms with E-state index < -0.39 is 5.91 Å². The summed E-state index contributed by atoms with van der Waals surface area (Å²) >= 11 is 4.69. The van der Waals surface area contributed by atoms with E-state index in [2.05, 4.69) is 21.2 Å². The van der Waals surface area contributed by atoms with E-state index in [1.54, 1.807) is 0 Å². The third kappa shape index (κ3) is 2.52. The highest BCUT2D eigenvalue weighted by Gasteiger charge is 2.25. The Morgan fingerprint density at radius 3 is 2.82 bits per heavy atom.